The van der Waals surface area contributed by atoms with Crippen LogP contribution in [-0.4, -0.2) is 9.55 Å². The first-order valence-electron chi connectivity index (χ1n) is 4.46. The second-order valence-electron chi connectivity index (χ2n) is 3.19. The van der Waals surface area contributed by atoms with E-state index in [4.69, 9.17) is 23.2 Å². The topological polar surface area (TPSA) is 54.9 Å². The predicted molar refractivity (Wildman–Crippen MR) is 70.4 cm³/mol. The molecule has 2 aromatic rings. The minimum atomic E-state index is -0.600. The van der Waals surface area contributed by atoms with Gasteiger partial charge in [-0.15, -0.1) is 0 Å². The Bertz CT molecular complexity index is 662. The molecule has 0 bridgehead atoms. The summed E-state index contributed by atoms with van der Waals surface area (Å²) >= 11 is 14.6. The fourth-order valence-electron chi connectivity index (χ4n) is 1.34. The highest BCUT2D eigenvalue weighted by Gasteiger charge is 2.07. The molecule has 0 aliphatic heterocycles. The number of H-pyrrole nitrogens is 1. The van der Waals surface area contributed by atoms with Crippen molar-refractivity contribution in [1.29, 1.82) is 0 Å². The molecule has 0 aliphatic rings. The lowest BCUT2D eigenvalue weighted by atomic mass is 10.3. The van der Waals surface area contributed by atoms with Crippen molar-refractivity contribution in [3.63, 3.8) is 0 Å². The first-order valence-corrected chi connectivity index (χ1v) is 6.01. The first kappa shape index (κ1) is 12.4. The molecule has 4 nitrogen and oxygen atoms in total. The standard InChI is InChI=1S/C10H5BrCl2N2O2/c11-6-3-5(1-2-7(6)12)15-9(16)4-8(13)14-10(15)17/h1-4H,(H,14,17). The van der Waals surface area contributed by atoms with Gasteiger partial charge in [-0.1, -0.05) is 23.2 Å². The van der Waals surface area contributed by atoms with Gasteiger partial charge in [0.2, 0.25) is 0 Å². The summed E-state index contributed by atoms with van der Waals surface area (Å²) < 4.78 is 1.56. The van der Waals surface area contributed by atoms with E-state index in [9.17, 15) is 9.59 Å². The zero-order valence-corrected chi connectivity index (χ0v) is 11.3. The lowest BCUT2D eigenvalue weighted by Crippen LogP contribution is -2.32. The molecule has 0 fully saturated rings. The smallest absolute Gasteiger partial charge is 0.297 e. The highest BCUT2D eigenvalue weighted by atomic mass is 79.9. The van der Waals surface area contributed by atoms with E-state index in [2.05, 4.69) is 20.9 Å². The summed E-state index contributed by atoms with van der Waals surface area (Å²) in [6, 6.07) is 5.86. The fraction of sp³-hybridized carbons (Fsp3) is 0. The summed E-state index contributed by atoms with van der Waals surface area (Å²) in [5.41, 5.74) is -0.700. The van der Waals surface area contributed by atoms with Gasteiger partial charge in [0.05, 0.1) is 10.7 Å². The van der Waals surface area contributed by atoms with E-state index >= 15 is 0 Å². The Kier molecular flexibility index (Phi) is 3.42. The second-order valence-corrected chi connectivity index (χ2v) is 4.86. The molecule has 0 unspecified atom stereocenters. The van der Waals surface area contributed by atoms with Crippen LogP contribution in [0.25, 0.3) is 5.69 Å². The minimum Gasteiger partial charge on any atom is -0.297 e. The van der Waals surface area contributed by atoms with Gasteiger partial charge in [-0.05, 0) is 34.1 Å². The van der Waals surface area contributed by atoms with Crippen LogP contribution in [0.2, 0.25) is 10.2 Å². The monoisotopic (exact) mass is 334 g/mol. The molecule has 1 heterocycles. The molecule has 0 atom stereocenters. The number of rotatable bonds is 1. The predicted octanol–water partition coefficient (Wildman–Crippen LogP) is 2.60. The maximum absolute atomic E-state index is 11.7. The van der Waals surface area contributed by atoms with Gasteiger partial charge < -0.3 is 0 Å². The molecule has 17 heavy (non-hydrogen) atoms. The van der Waals surface area contributed by atoms with Crippen LogP contribution in [-0.2, 0) is 0 Å². The zero-order chi connectivity index (χ0) is 12.6. The number of halogens is 3. The van der Waals surface area contributed by atoms with Gasteiger partial charge in [0.25, 0.3) is 5.56 Å². The highest BCUT2D eigenvalue weighted by Crippen LogP contribution is 2.23. The van der Waals surface area contributed by atoms with Crippen LogP contribution in [0.5, 0.6) is 0 Å². The van der Waals surface area contributed by atoms with Gasteiger partial charge in [-0.2, -0.15) is 0 Å². The van der Waals surface area contributed by atoms with Crippen LogP contribution in [0.3, 0.4) is 0 Å². The summed E-state index contributed by atoms with van der Waals surface area (Å²) in [4.78, 5) is 25.6. The van der Waals surface area contributed by atoms with Crippen molar-refractivity contribution in [2.75, 3.05) is 0 Å². The number of aromatic amines is 1. The van der Waals surface area contributed by atoms with E-state index in [0.29, 0.717) is 15.2 Å². The van der Waals surface area contributed by atoms with Crippen molar-refractivity contribution in [3.8, 4) is 5.69 Å². The van der Waals surface area contributed by atoms with Crippen molar-refractivity contribution < 1.29 is 0 Å². The van der Waals surface area contributed by atoms with Crippen molar-refractivity contribution in [2.45, 2.75) is 0 Å². The average molecular weight is 336 g/mol. The average Bonchev–Trinajstić information content (AvgIpc) is 2.21. The summed E-state index contributed by atoms with van der Waals surface area (Å²) in [6.45, 7) is 0. The molecule has 7 heteroatoms. The molecule has 0 aliphatic carbocycles. The van der Waals surface area contributed by atoms with E-state index in [-0.39, 0.29) is 5.15 Å². The van der Waals surface area contributed by atoms with Crippen molar-refractivity contribution in [1.82, 2.24) is 9.55 Å². The fourth-order valence-corrected chi connectivity index (χ4v) is 1.99. The van der Waals surface area contributed by atoms with E-state index in [1.165, 1.54) is 0 Å². The highest BCUT2D eigenvalue weighted by molar-refractivity contribution is 9.10. The number of benzene rings is 1. The van der Waals surface area contributed by atoms with E-state index in [0.717, 1.165) is 10.6 Å². The Morgan fingerprint density at radius 3 is 2.47 bits per heavy atom. The molecule has 1 aromatic carbocycles. The van der Waals surface area contributed by atoms with Crippen molar-refractivity contribution in [3.05, 3.63) is 59.8 Å². The van der Waals surface area contributed by atoms with Gasteiger partial charge in [0.15, 0.2) is 0 Å². The van der Waals surface area contributed by atoms with E-state index in [1.54, 1.807) is 18.2 Å². The lowest BCUT2D eigenvalue weighted by molar-refractivity contribution is 0.875. The maximum Gasteiger partial charge on any atom is 0.334 e. The third kappa shape index (κ3) is 2.46. The molecule has 0 spiro atoms. The summed E-state index contributed by atoms with van der Waals surface area (Å²) in [7, 11) is 0. The molecule has 0 saturated carbocycles. The zero-order valence-electron chi connectivity index (χ0n) is 8.21. The maximum atomic E-state index is 11.7. The van der Waals surface area contributed by atoms with Gasteiger partial charge in [-0.25, -0.2) is 9.36 Å². The Labute approximate surface area is 114 Å². The second kappa shape index (κ2) is 4.68. The Morgan fingerprint density at radius 1 is 1.18 bits per heavy atom. The minimum absolute atomic E-state index is 0.00396. The molecule has 88 valence electrons. The van der Waals surface area contributed by atoms with Gasteiger partial charge in [-0.3, -0.25) is 9.78 Å². The quantitative estimate of drug-likeness (QED) is 0.814. The normalized spacial score (nSPS) is 10.5. The molecule has 0 amide bonds. The number of hydrogen-bond acceptors (Lipinski definition) is 2. The largest absolute Gasteiger partial charge is 0.334 e. The molecule has 0 saturated heterocycles. The third-order valence-electron chi connectivity index (χ3n) is 2.06. The number of hydrogen-bond donors (Lipinski definition) is 1. The van der Waals surface area contributed by atoms with Crippen LogP contribution in [0, 0.1) is 0 Å². The van der Waals surface area contributed by atoms with Gasteiger partial charge >= 0.3 is 5.69 Å². The molecule has 2 rings (SSSR count). The summed E-state index contributed by atoms with van der Waals surface area (Å²) in [5.74, 6) is 0. The Hall–Kier alpha value is -1.04. The molecular weight excluding hydrogens is 331 g/mol. The lowest BCUT2D eigenvalue weighted by Gasteiger charge is -2.05. The van der Waals surface area contributed by atoms with Crippen molar-refractivity contribution >= 4 is 39.1 Å². The Morgan fingerprint density at radius 2 is 1.88 bits per heavy atom. The van der Waals surface area contributed by atoms with Crippen LogP contribution in [0.4, 0.5) is 0 Å². The van der Waals surface area contributed by atoms with Crippen LogP contribution >= 0.6 is 39.1 Å². The summed E-state index contributed by atoms with van der Waals surface area (Å²) in [5, 5.41) is 0.497. The van der Waals surface area contributed by atoms with Gasteiger partial charge in [0.1, 0.15) is 5.15 Å². The molecule has 1 N–H and O–H groups in total. The third-order valence-corrected chi connectivity index (χ3v) is 3.48. The van der Waals surface area contributed by atoms with Crippen LogP contribution < -0.4 is 11.2 Å². The summed E-state index contributed by atoms with van der Waals surface area (Å²) in [6.07, 6.45) is 0. The Balaban J connectivity index is 2.73. The van der Waals surface area contributed by atoms with Crippen LogP contribution in [0.1, 0.15) is 0 Å². The van der Waals surface area contributed by atoms with E-state index < -0.39 is 11.2 Å². The van der Waals surface area contributed by atoms with Crippen molar-refractivity contribution in [2.24, 2.45) is 0 Å². The molecular formula is C10H5BrCl2N2O2. The van der Waals surface area contributed by atoms with Crippen LogP contribution in [0.15, 0.2) is 38.3 Å². The van der Waals surface area contributed by atoms with E-state index in [1.807, 2.05) is 0 Å². The number of nitrogens with zero attached hydrogens (tertiary/aromatic N) is 1. The first-order chi connectivity index (χ1) is 7.99. The number of nitrogens with one attached hydrogen (secondary N) is 1. The SMILES string of the molecule is O=c1cc(Cl)[nH]c(=O)n1-c1ccc(Cl)c(Br)c1. The molecule has 0 radical (unpaired) electrons. The molecule has 1 aromatic heterocycles. The van der Waals surface area contributed by atoms with Gasteiger partial charge in [0, 0.05) is 10.5 Å². The number of aromatic nitrogens is 2.